The Kier molecular flexibility index (Phi) is 3.43. The lowest BCUT2D eigenvalue weighted by Gasteiger charge is -2.40. The third-order valence-corrected chi connectivity index (χ3v) is 3.65. The molecule has 1 unspecified atom stereocenters. The number of nitrogens with zero attached hydrogens (tertiary/aromatic N) is 2. The number of aliphatic carboxylic acids is 1. The Hall–Kier alpha value is -1.42. The van der Waals surface area contributed by atoms with Gasteiger partial charge in [-0.15, -0.1) is 0 Å². The van der Waals surface area contributed by atoms with E-state index in [1.165, 1.54) is 6.42 Å². The van der Waals surface area contributed by atoms with E-state index in [4.69, 9.17) is 0 Å². The van der Waals surface area contributed by atoms with Crippen molar-refractivity contribution in [2.24, 2.45) is 0 Å². The lowest BCUT2D eigenvalue weighted by Crippen LogP contribution is -2.51. The first kappa shape index (κ1) is 12.0. The minimum atomic E-state index is -0.927. The average Bonchev–Trinajstić information content (AvgIpc) is 2.39. The predicted molar refractivity (Wildman–Crippen MR) is 64.6 cm³/mol. The average molecular weight is 234 g/mol. The molecule has 0 aromatic carbocycles. The van der Waals surface area contributed by atoms with Crippen molar-refractivity contribution in [3.8, 4) is 0 Å². The van der Waals surface area contributed by atoms with E-state index in [0.29, 0.717) is 0 Å². The molecule has 1 saturated heterocycles. The summed E-state index contributed by atoms with van der Waals surface area (Å²) in [7, 11) is 0. The Bertz CT molecular complexity index is 388. The molecule has 0 saturated carbocycles. The minimum absolute atomic E-state index is 0.786. The fourth-order valence-electron chi connectivity index (χ4n) is 2.46. The highest BCUT2D eigenvalue weighted by Crippen LogP contribution is 2.30. The van der Waals surface area contributed by atoms with E-state index >= 15 is 0 Å². The fraction of sp³-hybridized carbons (Fsp3) is 0.538. The highest BCUT2D eigenvalue weighted by atomic mass is 16.4. The summed E-state index contributed by atoms with van der Waals surface area (Å²) < 4.78 is 0. The molecule has 1 fully saturated rings. The van der Waals surface area contributed by atoms with Crippen LogP contribution in [0, 0.1) is 0 Å². The standard InChI is InChI=1S/C13H18N2O2/c1-13(12(16)17,11-5-7-14-8-6-11)15-9-3-2-4-10-15/h5-8H,2-4,9-10H2,1H3,(H,16,17). The summed E-state index contributed by atoms with van der Waals surface area (Å²) in [5, 5.41) is 9.58. The van der Waals surface area contributed by atoms with Crippen LogP contribution in [0.2, 0.25) is 0 Å². The van der Waals surface area contributed by atoms with Gasteiger partial charge in [-0.3, -0.25) is 9.88 Å². The maximum absolute atomic E-state index is 11.7. The Morgan fingerprint density at radius 1 is 1.29 bits per heavy atom. The van der Waals surface area contributed by atoms with E-state index in [0.717, 1.165) is 31.5 Å². The lowest BCUT2D eigenvalue weighted by atomic mass is 9.89. The first-order valence-corrected chi connectivity index (χ1v) is 6.04. The zero-order valence-electron chi connectivity index (χ0n) is 10.1. The number of hydrogen-bond acceptors (Lipinski definition) is 3. The van der Waals surface area contributed by atoms with Gasteiger partial charge in [0.1, 0.15) is 5.54 Å². The van der Waals surface area contributed by atoms with Crippen molar-refractivity contribution in [1.82, 2.24) is 9.88 Å². The molecule has 0 bridgehead atoms. The monoisotopic (exact) mass is 234 g/mol. The molecule has 92 valence electrons. The number of aromatic nitrogens is 1. The molecule has 0 amide bonds. The fourth-order valence-corrected chi connectivity index (χ4v) is 2.46. The zero-order chi connectivity index (χ0) is 12.3. The van der Waals surface area contributed by atoms with Gasteiger partial charge in [-0.25, -0.2) is 4.79 Å². The quantitative estimate of drug-likeness (QED) is 0.867. The van der Waals surface area contributed by atoms with Crippen molar-refractivity contribution in [1.29, 1.82) is 0 Å². The third-order valence-electron chi connectivity index (χ3n) is 3.65. The Balaban J connectivity index is 2.35. The van der Waals surface area contributed by atoms with Gasteiger partial charge in [0.25, 0.3) is 0 Å². The summed E-state index contributed by atoms with van der Waals surface area (Å²) in [5.74, 6) is -0.786. The minimum Gasteiger partial charge on any atom is -0.480 e. The van der Waals surface area contributed by atoms with Crippen molar-refractivity contribution in [2.45, 2.75) is 31.7 Å². The van der Waals surface area contributed by atoms with Crippen molar-refractivity contribution in [2.75, 3.05) is 13.1 Å². The van der Waals surface area contributed by atoms with E-state index in [9.17, 15) is 9.90 Å². The van der Waals surface area contributed by atoms with Gasteiger partial charge < -0.3 is 5.11 Å². The second-order valence-corrected chi connectivity index (χ2v) is 4.66. The van der Waals surface area contributed by atoms with Gasteiger partial charge in [-0.2, -0.15) is 0 Å². The van der Waals surface area contributed by atoms with Crippen LogP contribution in [0.3, 0.4) is 0 Å². The molecular formula is C13H18N2O2. The first-order valence-electron chi connectivity index (χ1n) is 6.04. The largest absolute Gasteiger partial charge is 0.480 e. The molecule has 2 heterocycles. The molecule has 0 radical (unpaired) electrons. The molecule has 1 N–H and O–H groups in total. The molecule has 0 spiro atoms. The number of piperidine rings is 1. The van der Waals surface area contributed by atoms with Gasteiger partial charge in [0, 0.05) is 12.4 Å². The normalized spacial score (nSPS) is 20.8. The van der Waals surface area contributed by atoms with Gasteiger partial charge in [0.2, 0.25) is 0 Å². The summed E-state index contributed by atoms with van der Waals surface area (Å²) in [5.41, 5.74) is -0.120. The van der Waals surface area contributed by atoms with E-state index in [-0.39, 0.29) is 0 Å². The number of hydrogen-bond donors (Lipinski definition) is 1. The lowest BCUT2D eigenvalue weighted by molar-refractivity contribution is -0.152. The van der Waals surface area contributed by atoms with Gasteiger partial charge in [-0.05, 0) is 50.6 Å². The smallest absolute Gasteiger partial charge is 0.328 e. The van der Waals surface area contributed by atoms with Crippen LogP contribution in [-0.4, -0.2) is 34.0 Å². The number of rotatable bonds is 3. The SMILES string of the molecule is CC(C(=O)O)(c1ccncc1)N1CCCCC1. The summed E-state index contributed by atoms with van der Waals surface area (Å²) in [4.78, 5) is 17.7. The van der Waals surface area contributed by atoms with Crippen LogP contribution in [0.4, 0.5) is 0 Å². The summed E-state index contributed by atoms with van der Waals surface area (Å²) in [6, 6.07) is 3.59. The molecule has 1 aliphatic rings. The van der Waals surface area contributed by atoms with Crippen molar-refractivity contribution < 1.29 is 9.90 Å². The Labute approximate surface area is 101 Å². The van der Waals surface area contributed by atoms with E-state index in [1.807, 2.05) is 0 Å². The molecule has 0 aliphatic carbocycles. The van der Waals surface area contributed by atoms with Gasteiger partial charge in [0.05, 0.1) is 0 Å². The molecule has 4 heteroatoms. The van der Waals surface area contributed by atoms with E-state index in [1.54, 1.807) is 31.5 Å². The van der Waals surface area contributed by atoms with Crippen molar-refractivity contribution in [3.05, 3.63) is 30.1 Å². The van der Waals surface area contributed by atoms with Crippen molar-refractivity contribution in [3.63, 3.8) is 0 Å². The number of carboxylic acids is 1. The van der Waals surface area contributed by atoms with Crippen molar-refractivity contribution >= 4 is 5.97 Å². The Morgan fingerprint density at radius 3 is 2.41 bits per heavy atom. The van der Waals surface area contributed by atoms with Crippen LogP contribution < -0.4 is 0 Å². The van der Waals surface area contributed by atoms with Gasteiger partial charge in [-0.1, -0.05) is 6.42 Å². The van der Waals surface area contributed by atoms with E-state index < -0.39 is 11.5 Å². The predicted octanol–water partition coefficient (Wildman–Crippen LogP) is 1.87. The number of likely N-dealkylation sites (tertiary alicyclic amines) is 1. The number of pyridine rings is 1. The Morgan fingerprint density at radius 2 is 1.88 bits per heavy atom. The van der Waals surface area contributed by atoms with Crippen LogP contribution in [0.25, 0.3) is 0 Å². The maximum atomic E-state index is 11.7. The highest BCUT2D eigenvalue weighted by molar-refractivity contribution is 5.80. The van der Waals surface area contributed by atoms with Gasteiger partial charge >= 0.3 is 5.97 Å². The highest BCUT2D eigenvalue weighted by Gasteiger charge is 2.41. The van der Waals surface area contributed by atoms with E-state index in [2.05, 4.69) is 9.88 Å². The van der Waals surface area contributed by atoms with Crippen LogP contribution in [-0.2, 0) is 10.3 Å². The molecule has 1 aromatic rings. The first-order chi connectivity index (χ1) is 8.15. The maximum Gasteiger partial charge on any atom is 0.328 e. The number of carboxylic acid groups (broad SMARTS) is 1. The molecular weight excluding hydrogens is 216 g/mol. The van der Waals surface area contributed by atoms with Crippen LogP contribution >= 0.6 is 0 Å². The van der Waals surface area contributed by atoms with Crippen LogP contribution in [0.1, 0.15) is 31.7 Å². The topological polar surface area (TPSA) is 53.4 Å². The molecule has 1 aromatic heterocycles. The molecule has 17 heavy (non-hydrogen) atoms. The molecule has 1 atom stereocenters. The van der Waals surface area contributed by atoms with Gasteiger partial charge in [0.15, 0.2) is 0 Å². The second kappa shape index (κ2) is 4.84. The zero-order valence-corrected chi connectivity index (χ0v) is 10.1. The summed E-state index contributed by atoms with van der Waals surface area (Å²) >= 11 is 0. The summed E-state index contributed by atoms with van der Waals surface area (Å²) in [6.45, 7) is 3.49. The molecule has 2 rings (SSSR count). The van der Waals surface area contributed by atoms with Crippen LogP contribution in [0.15, 0.2) is 24.5 Å². The second-order valence-electron chi connectivity index (χ2n) is 4.66. The molecule has 4 nitrogen and oxygen atoms in total. The van der Waals surface area contributed by atoms with Crippen LogP contribution in [0.5, 0.6) is 0 Å². The summed E-state index contributed by atoms with van der Waals surface area (Å²) in [6.07, 6.45) is 6.66. The number of carbonyl (C=O) groups is 1. The molecule has 1 aliphatic heterocycles. The third kappa shape index (κ3) is 2.17.